The highest BCUT2D eigenvalue weighted by Gasteiger charge is 2.24. The second-order valence-corrected chi connectivity index (χ2v) is 9.11. The Balaban J connectivity index is 1.52. The predicted molar refractivity (Wildman–Crippen MR) is 124 cm³/mol. The first-order chi connectivity index (χ1) is 16.1. The summed E-state index contributed by atoms with van der Waals surface area (Å²) in [5, 5.41) is 3.41. The lowest BCUT2D eigenvalue weighted by molar-refractivity contribution is 0.122. The molecule has 5 rings (SSSR count). The Morgan fingerprint density at radius 3 is 2.52 bits per heavy atom. The summed E-state index contributed by atoms with van der Waals surface area (Å²) in [6.07, 6.45) is 2.13. The van der Waals surface area contributed by atoms with E-state index in [1.165, 1.54) is 30.3 Å². The fourth-order valence-corrected chi connectivity index (χ4v) is 4.77. The van der Waals surface area contributed by atoms with Gasteiger partial charge in [-0.25, -0.2) is 13.8 Å². The van der Waals surface area contributed by atoms with Gasteiger partial charge in [-0.2, -0.15) is 9.97 Å². The lowest BCUT2D eigenvalue weighted by Gasteiger charge is -2.29. The van der Waals surface area contributed by atoms with Crippen molar-refractivity contribution in [3.8, 4) is 5.82 Å². The zero-order valence-electron chi connectivity index (χ0n) is 18.9. The van der Waals surface area contributed by atoms with E-state index in [1.54, 1.807) is 24.3 Å². The maximum absolute atomic E-state index is 14.0. The SMILES string of the molecule is CC1CCC(CNc2nc(N3CCOCC3)cc(-n3c(C(F)F)nc4ccccc43)n2)CC1. The number of nitrogens with zero attached hydrogens (tertiary/aromatic N) is 5. The summed E-state index contributed by atoms with van der Waals surface area (Å²) in [6.45, 7) is 5.70. The van der Waals surface area contributed by atoms with E-state index in [1.807, 2.05) is 6.07 Å². The van der Waals surface area contributed by atoms with Crippen molar-refractivity contribution in [1.29, 1.82) is 0 Å². The van der Waals surface area contributed by atoms with Crippen LogP contribution in [0.1, 0.15) is 44.9 Å². The van der Waals surface area contributed by atoms with Gasteiger partial charge < -0.3 is 15.0 Å². The highest BCUT2D eigenvalue weighted by atomic mass is 19.3. The average Bonchev–Trinajstić information content (AvgIpc) is 3.24. The van der Waals surface area contributed by atoms with Crippen LogP contribution < -0.4 is 10.2 Å². The molecule has 33 heavy (non-hydrogen) atoms. The number of imidazole rings is 1. The van der Waals surface area contributed by atoms with Crippen LogP contribution in [-0.4, -0.2) is 52.4 Å². The van der Waals surface area contributed by atoms with Crippen LogP contribution in [0.5, 0.6) is 0 Å². The molecule has 7 nitrogen and oxygen atoms in total. The quantitative estimate of drug-likeness (QED) is 0.573. The lowest BCUT2D eigenvalue weighted by Crippen LogP contribution is -2.37. The van der Waals surface area contributed by atoms with E-state index in [9.17, 15) is 8.78 Å². The Morgan fingerprint density at radius 2 is 1.76 bits per heavy atom. The van der Waals surface area contributed by atoms with Crippen LogP contribution in [0.2, 0.25) is 0 Å². The molecule has 2 aliphatic rings. The highest BCUT2D eigenvalue weighted by molar-refractivity contribution is 5.78. The molecule has 1 saturated carbocycles. The van der Waals surface area contributed by atoms with Crippen molar-refractivity contribution < 1.29 is 13.5 Å². The zero-order chi connectivity index (χ0) is 22.8. The molecule has 9 heteroatoms. The second kappa shape index (κ2) is 9.59. The molecule has 1 saturated heterocycles. The number of hydrogen-bond acceptors (Lipinski definition) is 6. The summed E-state index contributed by atoms with van der Waals surface area (Å²) in [7, 11) is 0. The molecule has 3 heterocycles. The summed E-state index contributed by atoms with van der Waals surface area (Å²) < 4.78 is 34.9. The van der Waals surface area contributed by atoms with Crippen LogP contribution in [0.3, 0.4) is 0 Å². The molecule has 1 aliphatic carbocycles. The van der Waals surface area contributed by atoms with E-state index in [-0.39, 0.29) is 5.82 Å². The molecule has 2 aromatic heterocycles. The molecule has 0 spiro atoms. The highest BCUT2D eigenvalue weighted by Crippen LogP contribution is 2.30. The summed E-state index contributed by atoms with van der Waals surface area (Å²) >= 11 is 0. The third-order valence-corrected chi connectivity index (χ3v) is 6.73. The molecule has 3 aromatic rings. The number of ether oxygens (including phenoxy) is 1. The van der Waals surface area contributed by atoms with Crippen molar-refractivity contribution in [3.05, 3.63) is 36.2 Å². The number of para-hydroxylation sites is 2. The fourth-order valence-electron chi connectivity index (χ4n) is 4.77. The van der Waals surface area contributed by atoms with Gasteiger partial charge in [-0.05, 0) is 36.8 Å². The maximum atomic E-state index is 14.0. The van der Waals surface area contributed by atoms with Crippen molar-refractivity contribution in [1.82, 2.24) is 19.5 Å². The molecule has 0 amide bonds. The second-order valence-electron chi connectivity index (χ2n) is 9.11. The van der Waals surface area contributed by atoms with Gasteiger partial charge in [-0.3, -0.25) is 4.57 Å². The first kappa shape index (κ1) is 22.0. The van der Waals surface area contributed by atoms with E-state index in [0.717, 1.165) is 12.5 Å². The van der Waals surface area contributed by atoms with Crippen molar-refractivity contribution >= 4 is 22.8 Å². The third kappa shape index (κ3) is 4.78. The number of nitrogens with one attached hydrogen (secondary N) is 1. The molecule has 0 bridgehead atoms. The number of alkyl halides is 2. The Bertz CT molecular complexity index is 1090. The molecule has 0 atom stereocenters. The van der Waals surface area contributed by atoms with E-state index in [4.69, 9.17) is 9.72 Å². The Morgan fingerprint density at radius 1 is 1.03 bits per heavy atom. The van der Waals surface area contributed by atoms with Gasteiger partial charge in [0.2, 0.25) is 5.95 Å². The number of hydrogen-bond donors (Lipinski definition) is 1. The summed E-state index contributed by atoms with van der Waals surface area (Å²) in [5.41, 5.74) is 1.12. The largest absolute Gasteiger partial charge is 0.378 e. The minimum atomic E-state index is -2.72. The Kier molecular flexibility index (Phi) is 6.39. The van der Waals surface area contributed by atoms with Crippen molar-refractivity contribution in [2.24, 2.45) is 11.8 Å². The van der Waals surface area contributed by atoms with Crippen LogP contribution in [0, 0.1) is 11.8 Å². The number of rotatable bonds is 6. The van der Waals surface area contributed by atoms with E-state index >= 15 is 0 Å². The van der Waals surface area contributed by atoms with Crippen LogP contribution in [0.25, 0.3) is 16.9 Å². The van der Waals surface area contributed by atoms with Gasteiger partial charge in [0.05, 0.1) is 24.2 Å². The number of halogens is 2. The molecular weight excluding hydrogens is 426 g/mol. The standard InChI is InChI=1S/C24H30F2N6O/c1-16-6-8-17(9-7-16)15-27-24-29-20(31-10-12-33-13-11-31)14-21(30-24)32-19-5-3-2-4-18(19)28-23(32)22(25)26/h2-5,14,16-17,22H,6-13,15H2,1H3,(H,27,29,30). The van der Waals surface area contributed by atoms with Crippen LogP contribution in [-0.2, 0) is 4.74 Å². The van der Waals surface area contributed by atoms with Crippen molar-refractivity contribution in [2.75, 3.05) is 43.1 Å². The zero-order valence-corrected chi connectivity index (χ0v) is 18.9. The minimum Gasteiger partial charge on any atom is -0.378 e. The van der Waals surface area contributed by atoms with Crippen LogP contribution >= 0.6 is 0 Å². The lowest BCUT2D eigenvalue weighted by atomic mass is 9.83. The van der Waals surface area contributed by atoms with E-state index in [2.05, 4.69) is 27.1 Å². The number of morpholine rings is 1. The predicted octanol–water partition coefficient (Wildman–Crippen LogP) is 4.83. The smallest absolute Gasteiger partial charge is 0.296 e. The molecule has 1 N–H and O–H groups in total. The summed E-state index contributed by atoms with van der Waals surface area (Å²) in [4.78, 5) is 15.7. The van der Waals surface area contributed by atoms with Gasteiger partial charge >= 0.3 is 0 Å². The summed E-state index contributed by atoms with van der Waals surface area (Å²) in [6, 6.07) is 8.93. The fraction of sp³-hybridized carbons (Fsp3) is 0.542. The third-order valence-electron chi connectivity index (χ3n) is 6.73. The number of anilines is 2. The monoisotopic (exact) mass is 456 g/mol. The molecule has 2 fully saturated rings. The van der Waals surface area contributed by atoms with Gasteiger partial charge in [-0.15, -0.1) is 0 Å². The molecule has 176 valence electrons. The number of aromatic nitrogens is 4. The normalized spacial score (nSPS) is 21.6. The molecular formula is C24H30F2N6O. The molecule has 1 aliphatic heterocycles. The van der Waals surface area contributed by atoms with E-state index in [0.29, 0.717) is 60.8 Å². The maximum Gasteiger partial charge on any atom is 0.296 e. The van der Waals surface area contributed by atoms with Gasteiger partial charge in [0.1, 0.15) is 11.6 Å². The van der Waals surface area contributed by atoms with Gasteiger partial charge in [0, 0.05) is 25.7 Å². The van der Waals surface area contributed by atoms with Gasteiger partial charge in [0.15, 0.2) is 5.82 Å². The Hall–Kier alpha value is -2.81. The molecule has 0 radical (unpaired) electrons. The van der Waals surface area contributed by atoms with Crippen LogP contribution in [0.15, 0.2) is 30.3 Å². The molecule has 0 unspecified atom stereocenters. The van der Waals surface area contributed by atoms with Crippen molar-refractivity contribution in [2.45, 2.75) is 39.0 Å². The first-order valence-electron chi connectivity index (χ1n) is 11.8. The van der Waals surface area contributed by atoms with Gasteiger partial charge in [0.25, 0.3) is 6.43 Å². The number of fused-ring (bicyclic) bond motifs is 1. The average molecular weight is 457 g/mol. The van der Waals surface area contributed by atoms with E-state index < -0.39 is 6.43 Å². The number of benzene rings is 1. The first-order valence-corrected chi connectivity index (χ1v) is 11.8. The topological polar surface area (TPSA) is 68.1 Å². The molecule has 1 aromatic carbocycles. The van der Waals surface area contributed by atoms with Crippen molar-refractivity contribution in [3.63, 3.8) is 0 Å². The summed E-state index contributed by atoms with van der Waals surface area (Å²) in [5.74, 6) is 2.62. The minimum absolute atomic E-state index is 0.310. The Labute approximate surface area is 192 Å². The van der Waals surface area contributed by atoms with Gasteiger partial charge in [-0.1, -0.05) is 31.9 Å². The van der Waals surface area contributed by atoms with Crippen LogP contribution in [0.4, 0.5) is 20.5 Å².